The van der Waals surface area contributed by atoms with Crippen LogP contribution in [0.5, 0.6) is 0 Å². The monoisotopic (exact) mass is 612 g/mol. The van der Waals surface area contributed by atoms with E-state index >= 15 is 0 Å². The molecule has 1 aromatic carbocycles. The zero-order valence-corrected chi connectivity index (χ0v) is 27.4. The Morgan fingerprint density at radius 3 is 2.27 bits per heavy atom. The van der Waals surface area contributed by atoms with Crippen molar-refractivity contribution in [2.75, 3.05) is 6.61 Å². The Kier molecular flexibility index (Phi) is 7.22. The first-order valence-corrected chi connectivity index (χ1v) is 16.8. The molecule has 44 heavy (non-hydrogen) atoms. The Morgan fingerprint density at radius 1 is 0.955 bits per heavy atom. The number of hydrogen-bond donors (Lipinski definition) is 2. The number of carboxylic acids is 1. The van der Waals surface area contributed by atoms with Crippen LogP contribution in [0.25, 0.3) is 5.57 Å². The molecule has 6 rings (SSSR count). The van der Waals surface area contributed by atoms with Gasteiger partial charge in [0, 0.05) is 6.61 Å². The van der Waals surface area contributed by atoms with Crippen molar-refractivity contribution in [1.82, 2.24) is 0 Å². The summed E-state index contributed by atoms with van der Waals surface area (Å²) in [5, 5.41) is 20.2. The summed E-state index contributed by atoms with van der Waals surface area (Å²) in [5.74, 6) is 0.764. The van der Waals surface area contributed by atoms with E-state index in [1.165, 1.54) is 5.57 Å². The number of aliphatic hydroxyl groups excluding tert-OH is 1. The molecule has 0 bridgehead atoms. The second-order valence-electron chi connectivity index (χ2n) is 16.8. The van der Waals surface area contributed by atoms with E-state index in [0.717, 1.165) is 75.5 Å². The van der Waals surface area contributed by atoms with Crippen LogP contribution in [0, 0.1) is 56.7 Å². The minimum atomic E-state index is -4.74. The lowest BCUT2D eigenvalue weighted by Gasteiger charge is -2.72. The van der Waals surface area contributed by atoms with Crippen molar-refractivity contribution >= 4 is 11.5 Å². The van der Waals surface area contributed by atoms with Crippen LogP contribution < -0.4 is 0 Å². The fourth-order valence-corrected chi connectivity index (χ4v) is 12.8. The number of alkyl halides is 3. The highest BCUT2D eigenvalue weighted by atomic mass is 19.4. The molecule has 0 radical (unpaired) electrons. The summed E-state index contributed by atoms with van der Waals surface area (Å²) >= 11 is 0. The fourth-order valence-electron chi connectivity index (χ4n) is 12.8. The Balaban J connectivity index is 1.38. The number of carboxylic acid groups (broad SMARTS) is 1. The van der Waals surface area contributed by atoms with Crippen molar-refractivity contribution in [3.63, 3.8) is 0 Å². The van der Waals surface area contributed by atoms with Crippen molar-refractivity contribution in [2.45, 2.75) is 106 Å². The molecule has 0 saturated heterocycles. The Bertz CT molecular complexity index is 1410. The first-order chi connectivity index (χ1) is 20.4. The van der Waals surface area contributed by atoms with Crippen LogP contribution in [-0.4, -0.2) is 22.8 Å². The average molecular weight is 613 g/mol. The van der Waals surface area contributed by atoms with E-state index in [4.69, 9.17) is 0 Å². The SMILES string of the molecule is C=C(C)[C@@H]1CC[C@]2(CO)CC[C@]3(C)[C@H](CC[C@@H]4[C@@]5(C)CC=C(c6ccc(C(=O)O)c(C(F)(F)F)c6)C(C)(C)[C@@H]5CC[C@]43C)[C@@H]12. The zero-order valence-electron chi connectivity index (χ0n) is 27.4. The van der Waals surface area contributed by atoms with Crippen LogP contribution in [0.4, 0.5) is 13.2 Å². The van der Waals surface area contributed by atoms with Gasteiger partial charge in [-0.25, -0.2) is 4.79 Å². The molecule has 0 aliphatic heterocycles. The Labute approximate surface area is 261 Å². The van der Waals surface area contributed by atoms with Crippen LogP contribution in [0.2, 0.25) is 0 Å². The summed E-state index contributed by atoms with van der Waals surface area (Å²) in [6.07, 6.45) is 7.17. The zero-order chi connectivity index (χ0) is 32.3. The minimum Gasteiger partial charge on any atom is -0.478 e. The molecule has 4 saturated carbocycles. The molecular formula is C38H51F3O3. The normalized spacial score (nSPS) is 42.8. The maximum atomic E-state index is 14.0. The van der Waals surface area contributed by atoms with Crippen LogP contribution in [-0.2, 0) is 6.18 Å². The summed E-state index contributed by atoms with van der Waals surface area (Å²) in [6.45, 7) is 18.9. The van der Waals surface area contributed by atoms with Gasteiger partial charge in [0.1, 0.15) is 0 Å². The number of fused-ring (bicyclic) bond motifs is 7. The number of aromatic carboxylic acids is 1. The topological polar surface area (TPSA) is 57.5 Å². The molecule has 1 aromatic rings. The molecule has 9 atom stereocenters. The molecular weight excluding hydrogens is 561 g/mol. The molecule has 0 amide bonds. The summed E-state index contributed by atoms with van der Waals surface area (Å²) in [7, 11) is 0. The lowest BCUT2D eigenvalue weighted by molar-refractivity contribution is -0.228. The third-order valence-electron chi connectivity index (χ3n) is 15.0. The van der Waals surface area contributed by atoms with Crippen molar-refractivity contribution in [2.24, 2.45) is 56.7 Å². The van der Waals surface area contributed by atoms with Crippen molar-refractivity contribution in [3.8, 4) is 0 Å². The van der Waals surface area contributed by atoms with Crippen molar-refractivity contribution in [1.29, 1.82) is 0 Å². The fraction of sp³-hybridized carbons (Fsp3) is 0.711. The summed E-state index contributed by atoms with van der Waals surface area (Å²) in [4.78, 5) is 11.6. The molecule has 2 N–H and O–H groups in total. The van der Waals surface area contributed by atoms with E-state index in [0.29, 0.717) is 35.2 Å². The van der Waals surface area contributed by atoms with Gasteiger partial charge in [0.2, 0.25) is 0 Å². The highest BCUT2D eigenvalue weighted by Gasteiger charge is 2.70. The predicted octanol–water partition coefficient (Wildman–Crippen LogP) is 10.0. The first kappa shape index (κ1) is 31.9. The maximum absolute atomic E-state index is 14.0. The second kappa shape index (κ2) is 9.96. The van der Waals surface area contributed by atoms with Gasteiger partial charge in [-0.3, -0.25) is 0 Å². The van der Waals surface area contributed by atoms with Gasteiger partial charge < -0.3 is 10.2 Å². The highest BCUT2D eigenvalue weighted by Crippen LogP contribution is 2.77. The van der Waals surface area contributed by atoms with Gasteiger partial charge in [0.25, 0.3) is 0 Å². The van der Waals surface area contributed by atoms with Gasteiger partial charge >= 0.3 is 12.1 Å². The summed E-state index contributed by atoms with van der Waals surface area (Å²) < 4.78 is 41.9. The number of aliphatic hydroxyl groups is 1. The largest absolute Gasteiger partial charge is 0.478 e. The predicted molar refractivity (Wildman–Crippen MR) is 168 cm³/mol. The molecule has 6 heteroatoms. The summed E-state index contributed by atoms with van der Waals surface area (Å²) in [5.41, 5.74) is 0.851. The maximum Gasteiger partial charge on any atom is 0.417 e. The lowest BCUT2D eigenvalue weighted by atomic mass is 9.32. The van der Waals surface area contributed by atoms with Gasteiger partial charge in [-0.05, 0) is 145 Å². The van der Waals surface area contributed by atoms with E-state index in [-0.39, 0.29) is 33.7 Å². The van der Waals surface area contributed by atoms with Gasteiger partial charge in [-0.15, -0.1) is 0 Å². The van der Waals surface area contributed by atoms with Gasteiger partial charge in [0.15, 0.2) is 0 Å². The molecule has 0 aromatic heterocycles. The minimum absolute atomic E-state index is 0.0107. The number of benzene rings is 1. The second-order valence-corrected chi connectivity index (χ2v) is 16.8. The Hall–Kier alpha value is -2.08. The van der Waals surface area contributed by atoms with E-state index < -0.39 is 23.3 Å². The molecule has 0 heterocycles. The molecule has 5 aliphatic carbocycles. The third-order valence-corrected chi connectivity index (χ3v) is 15.0. The Morgan fingerprint density at radius 2 is 1.66 bits per heavy atom. The standard InChI is InChI=1S/C38H51F3O3/c1-22(2)24-12-17-37(21-42)19-18-35(6)27(31(24)37)10-11-30-34(5)15-13-26(33(3,4)29(34)14-16-36(30,35)7)23-8-9-25(32(43)44)28(20-23)38(39,40)41/h8-9,13,20,24,27,29-31,42H,1,10-12,14-19,21H2,2-7H3,(H,43,44)/t24-,27+,29-,30+,31+,34-,35+,36+,37+/m0/s1. The van der Waals surface area contributed by atoms with Crippen molar-refractivity contribution < 1.29 is 28.2 Å². The van der Waals surface area contributed by atoms with Crippen LogP contribution in [0.1, 0.15) is 121 Å². The molecule has 242 valence electrons. The number of allylic oxidation sites excluding steroid dienone is 3. The van der Waals surface area contributed by atoms with Crippen LogP contribution in [0.3, 0.4) is 0 Å². The molecule has 3 nitrogen and oxygen atoms in total. The first-order valence-electron chi connectivity index (χ1n) is 16.8. The lowest BCUT2D eigenvalue weighted by Crippen LogP contribution is -2.65. The van der Waals surface area contributed by atoms with Crippen LogP contribution >= 0.6 is 0 Å². The molecule has 4 fully saturated rings. The van der Waals surface area contributed by atoms with E-state index in [9.17, 15) is 28.2 Å². The molecule has 0 spiro atoms. The summed E-state index contributed by atoms with van der Waals surface area (Å²) in [6, 6.07) is 3.76. The molecule has 5 aliphatic rings. The number of carbonyl (C=O) groups is 1. The third kappa shape index (κ3) is 4.14. The van der Waals surface area contributed by atoms with Gasteiger partial charge in [0.05, 0.1) is 11.1 Å². The van der Waals surface area contributed by atoms with Gasteiger partial charge in [-0.2, -0.15) is 13.2 Å². The van der Waals surface area contributed by atoms with Gasteiger partial charge in [-0.1, -0.05) is 58.9 Å². The highest BCUT2D eigenvalue weighted by molar-refractivity contribution is 5.90. The average Bonchev–Trinajstić information content (AvgIpc) is 3.33. The number of rotatable bonds is 4. The quantitative estimate of drug-likeness (QED) is 0.333. The number of hydrogen-bond acceptors (Lipinski definition) is 2. The van der Waals surface area contributed by atoms with E-state index in [1.54, 1.807) is 6.07 Å². The smallest absolute Gasteiger partial charge is 0.417 e. The van der Waals surface area contributed by atoms with Crippen LogP contribution in [0.15, 0.2) is 36.4 Å². The van der Waals surface area contributed by atoms with E-state index in [1.807, 2.05) is 0 Å². The number of halogens is 3. The van der Waals surface area contributed by atoms with Crippen molar-refractivity contribution in [3.05, 3.63) is 53.1 Å². The van der Waals surface area contributed by atoms with E-state index in [2.05, 4.69) is 54.2 Å². The molecule has 0 unspecified atom stereocenters.